The Balaban J connectivity index is 1.90. The summed E-state index contributed by atoms with van der Waals surface area (Å²) in [6, 6.07) is 0.425. The summed E-state index contributed by atoms with van der Waals surface area (Å²) in [5.74, 6) is 1.39. The summed E-state index contributed by atoms with van der Waals surface area (Å²) in [6.07, 6.45) is 4.96. The summed E-state index contributed by atoms with van der Waals surface area (Å²) in [5, 5.41) is 0. The summed E-state index contributed by atoms with van der Waals surface area (Å²) in [7, 11) is 2.16. The van der Waals surface area contributed by atoms with Gasteiger partial charge < -0.3 is 16.4 Å². The van der Waals surface area contributed by atoms with Gasteiger partial charge in [-0.25, -0.2) is 0 Å². The van der Waals surface area contributed by atoms with Crippen molar-refractivity contribution < 1.29 is 4.79 Å². The van der Waals surface area contributed by atoms with Crippen LogP contribution in [0.3, 0.4) is 0 Å². The van der Waals surface area contributed by atoms with Gasteiger partial charge in [-0.3, -0.25) is 4.79 Å². The second kappa shape index (κ2) is 4.58. The number of amides is 1. The number of nitrogens with two attached hydrogens (primary N) is 2. The molecule has 0 spiro atoms. The summed E-state index contributed by atoms with van der Waals surface area (Å²) < 4.78 is 0. The molecule has 2 saturated carbocycles. The molecule has 0 bridgehead atoms. The molecule has 0 aromatic rings. The van der Waals surface area contributed by atoms with Gasteiger partial charge in [0.05, 0.1) is 5.54 Å². The van der Waals surface area contributed by atoms with Gasteiger partial charge in [0.15, 0.2) is 0 Å². The Kier molecular flexibility index (Phi) is 3.46. The zero-order valence-electron chi connectivity index (χ0n) is 11.0. The van der Waals surface area contributed by atoms with Crippen LogP contribution < -0.4 is 11.5 Å². The Morgan fingerprint density at radius 2 is 2.18 bits per heavy atom. The van der Waals surface area contributed by atoms with E-state index in [1.807, 2.05) is 0 Å². The maximum Gasteiger partial charge on any atom is 0.237 e. The standard InChI is InChI=1S/C13H25N3O/c1-9-6-10(9)8-16(2)11-4-3-5-13(15,7-11)12(14)17/h9-11H,3-8,15H2,1-2H3,(H2,14,17). The predicted molar refractivity (Wildman–Crippen MR) is 68.3 cm³/mol. The van der Waals surface area contributed by atoms with Crippen LogP contribution in [0.1, 0.15) is 39.0 Å². The molecule has 98 valence electrons. The zero-order chi connectivity index (χ0) is 12.6. The first-order valence-electron chi connectivity index (χ1n) is 6.71. The second-order valence-electron chi connectivity index (χ2n) is 6.18. The fourth-order valence-electron chi connectivity index (χ4n) is 3.05. The van der Waals surface area contributed by atoms with E-state index in [-0.39, 0.29) is 5.91 Å². The molecular formula is C13H25N3O. The van der Waals surface area contributed by atoms with Crippen LogP contribution in [0.2, 0.25) is 0 Å². The second-order valence-corrected chi connectivity index (χ2v) is 6.18. The average molecular weight is 239 g/mol. The highest BCUT2D eigenvalue weighted by atomic mass is 16.1. The molecule has 4 heteroatoms. The van der Waals surface area contributed by atoms with Crippen molar-refractivity contribution in [2.75, 3.05) is 13.6 Å². The normalized spacial score (nSPS) is 41.5. The fraction of sp³-hybridized carbons (Fsp3) is 0.923. The highest BCUT2D eigenvalue weighted by molar-refractivity contribution is 5.84. The van der Waals surface area contributed by atoms with E-state index in [2.05, 4.69) is 18.9 Å². The topological polar surface area (TPSA) is 72.3 Å². The summed E-state index contributed by atoms with van der Waals surface area (Å²) in [5.41, 5.74) is 10.7. The van der Waals surface area contributed by atoms with Crippen LogP contribution >= 0.6 is 0 Å². The summed E-state index contributed by atoms with van der Waals surface area (Å²) in [4.78, 5) is 13.8. The number of carbonyl (C=O) groups excluding carboxylic acids is 1. The first kappa shape index (κ1) is 12.8. The smallest absolute Gasteiger partial charge is 0.237 e. The molecule has 4 atom stereocenters. The lowest BCUT2D eigenvalue weighted by Gasteiger charge is -2.39. The SMILES string of the molecule is CC1CC1CN(C)C1CCCC(N)(C(N)=O)C1. The molecule has 2 rings (SSSR count). The molecule has 0 aliphatic heterocycles. The van der Waals surface area contributed by atoms with Crippen LogP contribution in [0.25, 0.3) is 0 Å². The number of hydrogen-bond acceptors (Lipinski definition) is 3. The molecule has 4 nitrogen and oxygen atoms in total. The molecule has 0 saturated heterocycles. The average Bonchev–Trinajstić information content (AvgIpc) is 2.94. The summed E-state index contributed by atoms with van der Waals surface area (Å²) >= 11 is 0. The quantitative estimate of drug-likeness (QED) is 0.758. The van der Waals surface area contributed by atoms with Crippen LogP contribution in [-0.2, 0) is 4.79 Å². The van der Waals surface area contributed by atoms with E-state index < -0.39 is 5.54 Å². The Hall–Kier alpha value is -0.610. The van der Waals surface area contributed by atoms with Crippen molar-refractivity contribution in [3.8, 4) is 0 Å². The predicted octanol–water partition coefficient (Wildman–Crippen LogP) is 0.700. The van der Waals surface area contributed by atoms with Crippen molar-refractivity contribution in [3.63, 3.8) is 0 Å². The van der Waals surface area contributed by atoms with Gasteiger partial charge in [-0.1, -0.05) is 6.92 Å². The largest absolute Gasteiger partial charge is 0.368 e. The minimum absolute atomic E-state index is 0.338. The molecular weight excluding hydrogens is 214 g/mol. The maximum atomic E-state index is 11.4. The monoisotopic (exact) mass is 239 g/mol. The molecule has 4 unspecified atom stereocenters. The molecule has 1 amide bonds. The molecule has 0 aromatic carbocycles. The lowest BCUT2D eigenvalue weighted by Crippen LogP contribution is -2.58. The van der Waals surface area contributed by atoms with E-state index in [1.54, 1.807) is 0 Å². The molecule has 0 aromatic heterocycles. The fourth-order valence-corrected chi connectivity index (χ4v) is 3.05. The molecule has 17 heavy (non-hydrogen) atoms. The van der Waals surface area contributed by atoms with E-state index in [0.717, 1.165) is 44.1 Å². The van der Waals surface area contributed by atoms with Crippen molar-refractivity contribution in [1.29, 1.82) is 0 Å². The number of carbonyl (C=O) groups is 1. The minimum atomic E-state index is -0.771. The maximum absolute atomic E-state index is 11.4. The number of primary amides is 1. The van der Waals surface area contributed by atoms with Gasteiger partial charge >= 0.3 is 0 Å². The lowest BCUT2D eigenvalue weighted by atomic mass is 9.78. The van der Waals surface area contributed by atoms with Crippen LogP contribution in [0.5, 0.6) is 0 Å². The van der Waals surface area contributed by atoms with E-state index in [9.17, 15) is 4.79 Å². The van der Waals surface area contributed by atoms with Gasteiger partial charge in [0, 0.05) is 12.6 Å². The molecule has 4 N–H and O–H groups in total. The minimum Gasteiger partial charge on any atom is -0.368 e. The van der Waals surface area contributed by atoms with Crippen LogP contribution in [-0.4, -0.2) is 36.0 Å². The highest BCUT2D eigenvalue weighted by Crippen LogP contribution is 2.39. The Morgan fingerprint density at radius 3 is 2.71 bits per heavy atom. The Bertz CT molecular complexity index is 307. The van der Waals surface area contributed by atoms with Crippen molar-refractivity contribution in [2.24, 2.45) is 23.3 Å². The van der Waals surface area contributed by atoms with Crippen molar-refractivity contribution in [2.45, 2.75) is 50.6 Å². The van der Waals surface area contributed by atoms with Gasteiger partial charge in [-0.2, -0.15) is 0 Å². The molecule has 2 aliphatic rings. The highest BCUT2D eigenvalue weighted by Gasteiger charge is 2.41. The lowest BCUT2D eigenvalue weighted by molar-refractivity contribution is -0.125. The van der Waals surface area contributed by atoms with E-state index in [4.69, 9.17) is 11.5 Å². The third-order valence-electron chi connectivity index (χ3n) is 4.67. The number of nitrogens with zero attached hydrogens (tertiary/aromatic N) is 1. The van der Waals surface area contributed by atoms with E-state index in [0.29, 0.717) is 6.04 Å². The number of hydrogen-bond donors (Lipinski definition) is 2. The van der Waals surface area contributed by atoms with Crippen LogP contribution in [0.4, 0.5) is 0 Å². The van der Waals surface area contributed by atoms with Crippen LogP contribution in [0, 0.1) is 11.8 Å². The van der Waals surface area contributed by atoms with E-state index in [1.165, 1.54) is 6.42 Å². The molecule has 0 radical (unpaired) electrons. The van der Waals surface area contributed by atoms with Crippen molar-refractivity contribution in [1.82, 2.24) is 4.90 Å². The van der Waals surface area contributed by atoms with Crippen molar-refractivity contribution in [3.05, 3.63) is 0 Å². The molecule has 2 aliphatic carbocycles. The Labute approximate surface area is 104 Å². The third-order valence-corrected chi connectivity index (χ3v) is 4.67. The Morgan fingerprint density at radius 1 is 1.53 bits per heavy atom. The first-order chi connectivity index (χ1) is 7.92. The van der Waals surface area contributed by atoms with Crippen molar-refractivity contribution >= 4 is 5.91 Å². The first-order valence-corrected chi connectivity index (χ1v) is 6.71. The zero-order valence-corrected chi connectivity index (χ0v) is 11.0. The number of rotatable bonds is 4. The van der Waals surface area contributed by atoms with Gasteiger partial charge in [0.25, 0.3) is 0 Å². The van der Waals surface area contributed by atoms with Gasteiger partial charge in [-0.05, 0) is 51.0 Å². The van der Waals surface area contributed by atoms with Crippen LogP contribution in [0.15, 0.2) is 0 Å². The summed E-state index contributed by atoms with van der Waals surface area (Å²) in [6.45, 7) is 3.44. The van der Waals surface area contributed by atoms with Gasteiger partial charge in [-0.15, -0.1) is 0 Å². The molecule has 0 heterocycles. The van der Waals surface area contributed by atoms with Gasteiger partial charge in [0.1, 0.15) is 0 Å². The third kappa shape index (κ3) is 2.80. The molecule has 2 fully saturated rings. The van der Waals surface area contributed by atoms with Gasteiger partial charge in [0.2, 0.25) is 5.91 Å². The van der Waals surface area contributed by atoms with E-state index >= 15 is 0 Å².